The van der Waals surface area contributed by atoms with E-state index in [1.54, 1.807) is 0 Å². The Hall–Kier alpha value is -0.530. The predicted octanol–water partition coefficient (Wildman–Crippen LogP) is 5.35. The molecule has 0 bridgehead atoms. The Morgan fingerprint density at radius 2 is 1.48 bits per heavy atom. The van der Waals surface area contributed by atoms with E-state index in [1.165, 1.54) is 38.5 Å². The van der Waals surface area contributed by atoms with Gasteiger partial charge in [0.05, 0.1) is 6.42 Å². The van der Waals surface area contributed by atoms with E-state index in [0.29, 0.717) is 23.2 Å². The maximum Gasteiger partial charge on any atom is 0.306 e. The summed E-state index contributed by atoms with van der Waals surface area (Å²) in [5, 5.41) is 0. The molecule has 4 fully saturated rings. The minimum Gasteiger partial charge on any atom is -0.459 e. The lowest BCUT2D eigenvalue weighted by Gasteiger charge is -2.66. The van der Waals surface area contributed by atoms with Gasteiger partial charge in [-0.25, -0.2) is 0 Å². The zero-order valence-electron chi connectivity index (χ0n) is 15.7. The standard InChI is InChI=1S/C21H34O2/c1-18(2)9-6-10-19(3)14(18)7-11-20(4)15(19)8-12-21(5)16(20)13-17(22)23-21/h14-16H,6-13H2,1-5H3/t14-,15+,16-,19-,20+,21+/m0/s1. The van der Waals surface area contributed by atoms with Crippen molar-refractivity contribution in [2.75, 3.05) is 0 Å². The molecule has 130 valence electrons. The van der Waals surface area contributed by atoms with Crippen LogP contribution in [0.15, 0.2) is 0 Å². The van der Waals surface area contributed by atoms with Crippen LogP contribution in [-0.2, 0) is 9.53 Å². The van der Waals surface area contributed by atoms with E-state index in [9.17, 15) is 4.79 Å². The van der Waals surface area contributed by atoms with Crippen molar-refractivity contribution in [3.8, 4) is 0 Å². The van der Waals surface area contributed by atoms with Crippen molar-refractivity contribution in [1.82, 2.24) is 0 Å². The highest BCUT2D eigenvalue weighted by atomic mass is 16.6. The third-order valence-electron chi connectivity index (χ3n) is 9.02. The quantitative estimate of drug-likeness (QED) is 0.563. The molecule has 0 unspecified atom stereocenters. The second kappa shape index (κ2) is 4.55. The second-order valence-electron chi connectivity index (χ2n) is 10.6. The molecule has 0 spiro atoms. The average Bonchev–Trinajstić information content (AvgIpc) is 2.73. The van der Waals surface area contributed by atoms with E-state index in [1.807, 2.05) is 0 Å². The van der Waals surface area contributed by atoms with Gasteiger partial charge in [0.15, 0.2) is 0 Å². The predicted molar refractivity (Wildman–Crippen MR) is 91.9 cm³/mol. The summed E-state index contributed by atoms with van der Waals surface area (Å²) in [4.78, 5) is 12.1. The summed E-state index contributed by atoms with van der Waals surface area (Å²) in [6.07, 6.45) is 9.78. The molecular weight excluding hydrogens is 284 g/mol. The van der Waals surface area contributed by atoms with Crippen LogP contribution in [0.1, 0.15) is 86.0 Å². The highest BCUT2D eigenvalue weighted by molar-refractivity contribution is 5.73. The number of ether oxygens (including phenoxy) is 1. The molecule has 0 N–H and O–H groups in total. The summed E-state index contributed by atoms with van der Waals surface area (Å²) in [7, 11) is 0. The lowest BCUT2D eigenvalue weighted by Crippen LogP contribution is -2.61. The summed E-state index contributed by atoms with van der Waals surface area (Å²) in [5.41, 5.74) is 1.05. The fourth-order valence-corrected chi connectivity index (χ4v) is 8.11. The molecule has 4 rings (SSSR count). The molecule has 6 atom stereocenters. The Morgan fingerprint density at radius 3 is 2.22 bits per heavy atom. The van der Waals surface area contributed by atoms with Gasteiger partial charge in [-0.3, -0.25) is 4.79 Å². The van der Waals surface area contributed by atoms with Gasteiger partial charge in [-0.1, -0.05) is 34.1 Å². The first-order valence-electron chi connectivity index (χ1n) is 9.84. The molecule has 2 nitrogen and oxygen atoms in total. The number of hydrogen-bond acceptors (Lipinski definition) is 2. The van der Waals surface area contributed by atoms with Crippen LogP contribution in [0.3, 0.4) is 0 Å². The molecule has 3 aliphatic carbocycles. The van der Waals surface area contributed by atoms with Crippen molar-refractivity contribution >= 4 is 5.97 Å². The minimum absolute atomic E-state index is 0.0515. The average molecular weight is 319 g/mol. The number of rotatable bonds is 0. The first-order valence-corrected chi connectivity index (χ1v) is 9.84. The van der Waals surface area contributed by atoms with Gasteiger partial charge in [0, 0.05) is 5.92 Å². The Balaban J connectivity index is 1.74. The molecule has 0 amide bonds. The summed E-state index contributed by atoms with van der Waals surface area (Å²) < 4.78 is 5.84. The fraction of sp³-hybridized carbons (Fsp3) is 0.952. The second-order valence-corrected chi connectivity index (χ2v) is 10.6. The van der Waals surface area contributed by atoms with E-state index >= 15 is 0 Å². The van der Waals surface area contributed by atoms with Gasteiger partial charge in [0.2, 0.25) is 0 Å². The summed E-state index contributed by atoms with van der Waals surface area (Å²) in [6, 6.07) is 0. The van der Waals surface area contributed by atoms with Crippen molar-refractivity contribution in [2.45, 2.75) is 91.6 Å². The van der Waals surface area contributed by atoms with Gasteiger partial charge in [0.25, 0.3) is 0 Å². The molecule has 3 saturated carbocycles. The molecule has 2 heteroatoms. The Bertz CT molecular complexity index is 538. The first kappa shape index (κ1) is 16.0. The van der Waals surface area contributed by atoms with Crippen LogP contribution in [-0.4, -0.2) is 11.6 Å². The van der Waals surface area contributed by atoms with E-state index < -0.39 is 0 Å². The Kier molecular flexibility index (Phi) is 3.16. The normalized spacial score (nSPS) is 54.7. The van der Waals surface area contributed by atoms with Crippen molar-refractivity contribution < 1.29 is 9.53 Å². The molecule has 1 aliphatic heterocycles. The number of carbonyl (C=O) groups excluding carboxylic acids is 1. The van der Waals surface area contributed by atoms with Crippen molar-refractivity contribution in [2.24, 2.45) is 34.0 Å². The molecule has 0 aromatic rings. The number of esters is 1. The molecule has 23 heavy (non-hydrogen) atoms. The maximum absolute atomic E-state index is 12.1. The van der Waals surface area contributed by atoms with Crippen molar-refractivity contribution in [1.29, 1.82) is 0 Å². The van der Waals surface area contributed by atoms with Gasteiger partial charge in [-0.05, 0) is 73.5 Å². The smallest absolute Gasteiger partial charge is 0.306 e. The van der Waals surface area contributed by atoms with Crippen LogP contribution in [0.4, 0.5) is 0 Å². The van der Waals surface area contributed by atoms with Crippen LogP contribution in [0.25, 0.3) is 0 Å². The third kappa shape index (κ3) is 1.96. The molecule has 0 aromatic carbocycles. The number of hydrogen-bond donors (Lipinski definition) is 0. The Labute approximate surface area is 141 Å². The molecule has 1 heterocycles. The zero-order chi connectivity index (χ0) is 16.7. The summed E-state index contributed by atoms with van der Waals surface area (Å²) in [6.45, 7) is 12.3. The third-order valence-corrected chi connectivity index (χ3v) is 9.02. The fourth-order valence-electron chi connectivity index (χ4n) is 8.11. The monoisotopic (exact) mass is 318 g/mol. The first-order chi connectivity index (χ1) is 10.6. The van der Waals surface area contributed by atoms with E-state index in [0.717, 1.165) is 18.3 Å². The Morgan fingerprint density at radius 1 is 0.826 bits per heavy atom. The van der Waals surface area contributed by atoms with Crippen molar-refractivity contribution in [3.63, 3.8) is 0 Å². The highest BCUT2D eigenvalue weighted by Crippen LogP contribution is 2.71. The maximum atomic E-state index is 12.1. The molecular formula is C21H34O2. The van der Waals surface area contributed by atoms with Crippen LogP contribution in [0.5, 0.6) is 0 Å². The highest BCUT2D eigenvalue weighted by Gasteiger charge is 2.66. The summed E-state index contributed by atoms with van der Waals surface area (Å²) >= 11 is 0. The topological polar surface area (TPSA) is 26.3 Å². The molecule has 4 aliphatic rings. The van der Waals surface area contributed by atoms with Crippen LogP contribution in [0.2, 0.25) is 0 Å². The van der Waals surface area contributed by atoms with Crippen LogP contribution >= 0.6 is 0 Å². The van der Waals surface area contributed by atoms with Gasteiger partial charge in [-0.2, -0.15) is 0 Å². The van der Waals surface area contributed by atoms with Crippen LogP contribution < -0.4 is 0 Å². The van der Waals surface area contributed by atoms with Gasteiger partial charge in [0.1, 0.15) is 5.60 Å². The minimum atomic E-state index is -0.185. The molecule has 0 aromatic heterocycles. The van der Waals surface area contributed by atoms with Crippen molar-refractivity contribution in [3.05, 3.63) is 0 Å². The van der Waals surface area contributed by atoms with Gasteiger partial charge >= 0.3 is 5.97 Å². The largest absolute Gasteiger partial charge is 0.459 e. The van der Waals surface area contributed by atoms with E-state index in [4.69, 9.17) is 4.74 Å². The van der Waals surface area contributed by atoms with Gasteiger partial charge in [-0.15, -0.1) is 0 Å². The number of carbonyl (C=O) groups is 1. The zero-order valence-corrected chi connectivity index (χ0v) is 15.7. The molecule has 0 radical (unpaired) electrons. The molecule has 1 saturated heterocycles. The lowest BCUT2D eigenvalue weighted by atomic mass is 9.38. The lowest BCUT2D eigenvalue weighted by molar-refractivity contribution is -0.197. The number of fused-ring (bicyclic) bond motifs is 5. The van der Waals surface area contributed by atoms with E-state index in [2.05, 4.69) is 34.6 Å². The van der Waals surface area contributed by atoms with Crippen LogP contribution in [0, 0.1) is 34.0 Å². The SMILES string of the molecule is CC1(C)CCC[C@]2(C)[C@H]3CC[C@@]4(C)OC(=O)C[C@H]4[C@]3(C)CC[C@@H]12. The van der Waals surface area contributed by atoms with E-state index in [-0.39, 0.29) is 17.0 Å². The summed E-state index contributed by atoms with van der Waals surface area (Å²) in [5.74, 6) is 2.10. The van der Waals surface area contributed by atoms with Gasteiger partial charge < -0.3 is 4.74 Å².